The number of fused-ring (bicyclic) bond motifs is 1. The Labute approximate surface area is 156 Å². The summed E-state index contributed by atoms with van der Waals surface area (Å²) in [5, 5.41) is 25.6. The molecule has 2 aromatic carbocycles. The van der Waals surface area contributed by atoms with Crippen LogP contribution in [0.3, 0.4) is 0 Å². The Morgan fingerprint density at radius 3 is 2.77 bits per heavy atom. The van der Waals surface area contributed by atoms with E-state index >= 15 is 0 Å². The van der Waals surface area contributed by atoms with Gasteiger partial charge in [-0.1, -0.05) is 15.9 Å². The zero-order valence-corrected chi connectivity index (χ0v) is 14.8. The fourth-order valence-corrected chi connectivity index (χ4v) is 2.78. The quantitative estimate of drug-likeness (QED) is 0.446. The van der Waals surface area contributed by atoms with E-state index in [1.165, 1.54) is 0 Å². The monoisotopic (exact) mass is 406 g/mol. The van der Waals surface area contributed by atoms with Gasteiger partial charge in [-0.15, -0.1) is 10.2 Å². The Kier molecular flexibility index (Phi) is 4.17. The predicted molar refractivity (Wildman–Crippen MR) is 101 cm³/mol. The molecule has 2 aromatic heterocycles. The molecule has 0 spiro atoms. The van der Waals surface area contributed by atoms with Gasteiger partial charge in [0.15, 0.2) is 0 Å². The van der Waals surface area contributed by atoms with Crippen molar-refractivity contribution >= 4 is 38.2 Å². The number of allylic oxidation sites excluding steroid dienone is 1. The second kappa shape index (κ2) is 6.78. The summed E-state index contributed by atoms with van der Waals surface area (Å²) in [6, 6.07) is 15.6. The number of aromatic amines is 2. The van der Waals surface area contributed by atoms with Crippen molar-refractivity contribution in [1.29, 1.82) is 5.26 Å². The van der Waals surface area contributed by atoms with Crippen LogP contribution in [-0.2, 0) is 0 Å². The van der Waals surface area contributed by atoms with Crippen LogP contribution in [0.5, 0.6) is 0 Å². The third-order valence-electron chi connectivity index (χ3n) is 3.69. The van der Waals surface area contributed by atoms with Gasteiger partial charge in [-0.25, -0.2) is 4.98 Å². The van der Waals surface area contributed by atoms with Gasteiger partial charge < -0.3 is 10.3 Å². The number of aromatic nitrogens is 6. The van der Waals surface area contributed by atoms with E-state index in [0.29, 0.717) is 0 Å². The molecule has 0 radical (unpaired) electrons. The SMILES string of the molecule is N#CC(=CNc1ccc(-c2nc3ccc(Br)cc3[nH]2)cc1)c1nn[nH]n1. The molecule has 4 rings (SSSR count). The molecule has 2 heterocycles. The average molecular weight is 407 g/mol. The van der Waals surface area contributed by atoms with Crippen molar-refractivity contribution in [2.24, 2.45) is 0 Å². The molecule has 0 unspecified atom stereocenters. The first kappa shape index (κ1) is 16.0. The standard InChI is InChI=1S/C17H11BrN8/c18-12-3-6-14-15(7-12)22-16(21-14)10-1-4-13(5-2-10)20-9-11(8-19)17-23-25-26-24-17/h1-7,9,20H,(H,21,22)(H,23,24,25,26). The first-order valence-electron chi connectivity index (χ1n) is 7.59. The molecule has 0 saturated heterocycles. The maximum Gasteiger partial charge on any atom is 0.216 e. The number of H-pyrrole nitrogens is 2. The van der Waals surface area contributed by atoms with Crippen molar-refractivity contribution in [3.63, 3.8) is 0 Å². The largest absolute Gasteiger partial charge is 0.360 e. The molecule has 4 aromatic rings. The molecule has 0 aliphatic rings. The van der Waals surface area contributed by atoms with E-state index in [9.17, 15) is 0 Å². The highest BCUT2D eigenvalue weighted by molar-refractivity contribution is 9.10. The number of nitrogens with one attached hydrogen (secondary N) is 3. The molecular weight excluding hydrogens is 396 g/mol. The minimum atomic E-state index is 0.241. The second-order valence-electron chi connectivity index (χ2n) is 5.37. The highest BCUT2D eigenvalue weighted by Gasteiger charge is 2.07. The van der Waals surface area contributed by atoms with E-state index in [1.54, 1.807) is 6.20 Å². The third kappa shape index (κ3) is 3.18. The van der Waals surface area contributed by atoms with Gasteiger partial charge in [-0.3, -0.25) is 0 Å². The zero-order valence-electron chi connectivity index (χ0n) is 13.2. The number of imidazole rings is 1. The van der Waals surface area contributed by atoms with Gasteiger partial charge in [0.1, 0.15) is 17.5 Å². The summed E-state index contributed by atoms with van der Waals surface area (Å²) in [4.78, 5) is 7.90. The van der Waals surface area contributed by atoms with Crippen LogP contribution in [0.1, 0.15) is 5.82 Å². The van der Waals surface area contributed by atoms with Crippen LogP contribution >= 0.6 is 15.9 Å². The molecule has 0 bridgehead atoms. The lowest BCUT2D eigenvalue weighted by Gasteiger charge is -2.02. The van der Waals surface area contributed by atoms with Crippen LogP contribution in [0, 0.1) is 11.3 Å². The van der Waals surface area contributed by atoms with Gasteiger partial charge in [-0.05, 0) is 47.7 Å². The number of anilines is 1. The highest BCUT2D eigenvalue weighted by atomic mass is 79.9. The fraction of sp³-hybridized carbons (Fsp3) is 0. The van der Waals surface area contributed by atoms with E-state index < -0.39 is 0 Å². The van der Waals surface area contributed by atoms with E-state index in [0.717, 1.165) is 32.6 Å². The van der Waals surface area contributed by atoms with Crippen LogP contribution in [0.15, 0.2) is 53.1 Å². The molecule has 0 amide bonds. The van der Waals surface area contributed by atoms with Crippen molar-refractivity contribution in [3.8, 4) is 17.5 Å². The Morgan fingerprint density at radius 1 is 1.19 bits per heavy atom. The highest BCUT2D eigenvalue weighted by Crippen LogP contribution is 2.24. The Bertz CT molecular complexity index is 1120. The lowest BCUT2D eigenvalue weighted by atomic mass is 10.2. The molecular formula is C17H11BrN8. The minimum Gasteiger partial charge on any atom is -0.360 e. The van der Waals surface area contributed by atoms with Crippen LogP contribution in [0.4, 0.5) is 5.69 Å². The summed E-state index contributed by atoms with van der Waals surface area (Å²) in [5.74, 6) is 1.04. The number of halogens is 1. The smallest absolute Gasteiger partial charge is 0.216 e. The van der Waals surface area contributed by atoms with E-state index in [1.807, 2.05) is 48.5 Å². The molecule has 0 aliphatic heterocycles. The number of tetrazole rings is 1. The maximum atomic E-state index is 9.16. The summed E-state index contributed by atoms with van der Waals surface area (Å²) in [6.45, 7) is 0. The number of hydrogen-bond acceptors (Lipinski definition) is 6. The minimum absolute atomic E-state index is 0.241. The number of rotatable bonds is 4. The van der Waals surface area contributed by atoms with Gasteiger partial charge in [0, 0.05) is 21.9 Å². The summed E-state index contributed by atoms with van der Waals surface area (Å²) >= 11 is 3.46. The van der Waals surface area contributed by atoms with Crippen molar-refractivity contribution < 1.29 is 0 Å². The van der Waals surface area contributed by atoms with Crippen molar-refractivity contribution in [2.75, 3.05) is 5.32 Å². The van der Waals surface area contributed by atoms with E-state index in [4.69, 9.17) is 5.26 Å². The van der Waals surface area contributed by atoms with Crippen LogP contribution in [0.2, 0.25) is 0 Å². The molecule has 26 heavy (non-hydrogen) atoms. The number of hydrogen-bond donors (Lipinski definition) is 3. The topological polar surface area (TPSA) is 119 Å². The molecule has 126 valence electrons. The third-order valence-corrected chi connectivity index (χ3v) is 4.19. The van der Waals surface area contributed by atoms with Gasteiger partial charge in [-0.2, -0.15) is 10.5 Å². The molecule has 8 nitrogen and oxygen atoms in total. The van der Waals surface area contributed by atoms with E-state index in [2.05, 4.69) is 51.8 Å². The summed E-state index contributed by atoms with van der Waals surface area (Å²) in [6.07, 6.45) is 1.54. The molecule has 0 atom stereocenters. The summed E-state index contributed by atoms with van der Waals surface area (Å²) in [7, 11) is 0. The normalized spacial score (nSPS) is 11.5. The van der Waals surface area contributed by atoms with Crippen molar-refractivity contribution in [3.05, 3.63) is 59.0 Å². The molecule has 0 aliphatic carbocycles. The van der Waals surface area contributed by atoms with E-state index in [-0.39, 0.29) is 11.4 Å². The van der Waals surface area contributed by atoms with Gasteiger partial charge in [0.05, 0.1) is 11.0 Å². The van der Waals surface area contributed by atoms with Crippen LogP contribution in [0.25, 0.3) is 28.0 Å². The second-order valence-corrected chi connectivity index (χ2v) is 6.29. The molecule has 9 heteroatoms. The molecule has 3 N–H and O–H groups in total. The molecule has 0 fully saturated rings. The van der Waals surface area contributed by atoms with Crippen molar-refractivity contribution in [1.82, 2.24) is 30.6 Å². The van der Waals surface area contributed by atoms with Gasteiger partial charge in [0.25, 0.3) is 0 Å². The molecule has 0 saturated carbocycles. The lowest BCUT2D eigenvalue weighted by molar-refractivity contribution is 0.881. The number of benzene rings is 2. The van der Waals surface area contributed by atoms with Crippen LogP contribution in [-0.4, -0.2) is 30.6 Å². The van der Waals surface area contributed by atoms with Gasteiger partial charge >= 0.3 is 0 Å². The van der Waals surface area contributed by atoms with Crippen LogP contribution < -0.4 is 5.32 Å². The van der Waals surface area contributed by atoms with Crippen molar-refractivity contribution in [2.45, 2.75) is 0 Å². The first-order chi connectivity index (χ1) is 12.7. The zero-order chi connectivity index (χ0) is 17.9. The lowest BCUT2D eigenvalue weighted by Crippen LogP contribution is -1.93. The average Bonchev–Trinajstić information content (AvgIpc) is 3.32. The Balaban J connectivity index is 1.55. The Hall–Kier alpha value is -3.51. The number of nitriles is 1. The first-order valence-corrected chi connectivity index (χ1v) is 8.38. The predicted octanol–water partition coefficient (Wildman–Crippen LogP) is 3.48. The van der Waals surface area contributed by atoms with Gasteiger partial charge in [0.2, 0.25) is 5.82 Å². The summed E-state index contributed by atoms with van der Waals surface area (Å²) < 4.78 is 1.00. The fourth-order valence-electron chi connectivity index (χ4n) is 2.42. The summed E-state index contributed by atoms with van der Waals surface area (Å²) in [5.41, 5.74) is 3.95. The maximum absolute atomic E-state index is 9.16. The Morgan fingerprint density at radius 2 is 2.04 bits per heavy atom. The number of nitrogens with zero attached hydrogens (tertiary/aromatic N) is 5.